The summed E-state index contributed by atoms with van der Waals surface area (Å²) in [7, 11) is 0. The van der Waals surface area contributed by atoms with Crippen molar-refractivity contribution < 1.29 is 14.3 Å². The molecule has 0 saturated carbocycles. The van der Waals surface area contributed by atoms with E-state index < -0.39 is 11.9 Å². The van der Waals surface area contributed by atoms with E-state index in [1.165, 1.54) is 0 Å². The molecule has 0 fully saturated rings. The molecule has 5 nitrogen and oxygen atoms in total. The molecule has 1 aromatic heterocycles. The van der Waals surface area contributed by atoms with Gasteiger partial charge in [-0.2, -0.15) is 0 Å². The zero-order chi connectivity index (χ0) is 12.8. The van der Waals surface area contributed by atoms with Gasteiger partial charge in [-0.1, -0.05) is 6.07 Å². The third kappa shape index (κ3) is 4.22. The summed E-state index contributed by atoms with van der Waals surface area (Å²) in [5.74, 6) is -0.459. The van der Waals surface area contributed by atoms with E-state index in [9.17, 15) is 9.59 Å². The van der Waals surface area contributed by atoms with Gasteiger partial charge in [0.2, 0.25) is 5.91 Å². The van der Waals surface area contributed by atoms with Gasteiger partial charge in [0.15, 0.2) is 0 Å². The van der Waals surface area contributed by atoms with Gasteiger partial charge in [0.25, 0.3) is 0 Å². The number of amides is 1. The molecule has 0 aromatic carbocycles. The van der Waals surface area contributed by atoms with Crippen LogP contribution in [0.15, 0.2) is 12.1 Å². The zero-order valence-electron chi connectivity index (χ0n) is 10.2. The first-order chi connectivity index (χ1) is 8.02. The number of anilines is 1. The van der Waals surface area contributed by atoms with Gasteiger partial charge in [-0.25, -0.2) is 4.98 Å². The van der Waals surface area contributed by atoms with E-state index in [1.54, 1.807) is 6.92 Å². The molecule has 5 heteroatoms. The van der Waals surface area contributed by atoms with E-state index in [4.69, 9.17) is 0 Å². The third-order valence-corrected chi connectivity index (χ3v) is 2.10. The highest BCUT2D eigenvalue weighted by atomic mass is 16.5. The number of hydrogen-bond acceptors (Lipinski definition) is 4. The van der Waals surface area contributed by atoms with Crippen LogP contribution >= 0.6 is 0 Å². The van der Waals surface area contributed by atoms with E-state index in [0.717, 1.165) is 11.3 Å². The molecule has 1 N–H and O–H groups in total. The summed E-state index contributed by atoms with van der Waals surface area (Å²) in [6.07, 6.45) is -0.289. The summed E-state index contributed by atoms with van der Waals surface area (Å²) in [6, 6.07) is 3.72. The largest absolute Gasteiger partial charge is 0.466 e. The van der Waals surface area contributed by atoms with E-state index in [1.807, 2.05) is 26.0 Å². The van der Waals surface area contributed by atoms with Gasteiger partial charge >= 0.3 is 5.97 Å². The molecular formula is C12H16N2O3. The Balaban J connectivity index is 2.62. The number of carbonyl (C=O) groups is 2. The lowest BCUT2D eigenvalue weighted by atomic mass is 10.2. The fourth-order valence-electron chi connectivity index (χ4n) is 1.27. The summed E-state index contributed by atoms with van der Waals surface area (Å²) in [5, 5.41) is 2.59. The van der Waals surface area contributed by atoms with Crippen molar-refractivity contribution in [3.8, 4) is 0 Å². The average molecular weight is 236 g/mol. The Hall–Kier alpha value is -1.91. The summed E-state index contributed by atoms with van der Waals surface area (Å²) in [5.41, 5.74) is 1.66. The number of carbonyl (C=O) groups excluding carboxylic acids is 2. The average Bonchev–Trinajstić information content (AvgIpc) is 2.23. The molecule has 0 saturated heterocycles. The fourth-order valence-corrected chi connectivity index (χ4v) is 1.27. The maximum absolute atomic E-state index is 11.5. The molecule has 0 bridgehead atoms. The number of esters is 1. The molecule has 1 amide bonds. The van der Waals surface area contributed by atoms with Crippen LogP contribution in [0, 0.1) is 13.8 Å². The van der Waals surface area contributed by atoms with Crippen LogP contribution in [0.5, 0.6) is 0 Å². The van der Waals surface area contributed by atoms with Crippen molar-refractivity contribution in [2.75, 3.05) is 11.9 Å². The Morgan fingerprint density at radius 3 is 2.71 bits per heavy atom. The number of rotatable bonds is 4. The maximum atomic E-state index is 11.5. The van der Waals surface area contributed by atoms with Crippen LogP contribution in [0.3, 0.4) is 0 Å². The minimum absolute atomic E-state index is 0.272. The first-order valence-corrected chi connectivity index (χ1v) is 5.42. The van der Waals surface area contributed by atoms with E-state index in [0.29, 0.717) is 5.82 Å². The summed E-state index contributed by atoms with van der Waals surface area (Å²) in [4.78, 5) is 26.8. The molecule has 0 atom stereocenters. The summed E-state index contributed by atoms with van der Waals surface area (Å²) < 4.78 is 4.68. The quantitative estimate of drug-likeness (QED) is 0.636. The molecule has 1 aromatic rings. The van der Waals surface area contributed by atoms with Gasteiger partial charge in [0.05, 0.1) is 6.61 Å². The lowest BCUT2D eigenvalue weighted by Crippen LogP contribution is -2.19. The molecule has 0 unspecified atom stereocenters. The van der Waals surface area contributed by atoms with E-state index >= 15 is 0 Å². The SMILES string of the molecule is CCOC(=O)CC(=O)Nc1nc(C)ccc1C. The summed E-state index contributed by atoms with van der Waals surface area (Å²) >= 11 is 0. The van der Waals surface area contributed by atoms with Crippen LogP contribution in [0.1, 0.15) is 24.6 Å². The van der Waals surface area contributed by atoms with Crippen molar-refractivity contribution in [3.63, 3.8) is 0 Å². The van der Waals surface area contributed by atoms with Crippen LogP contribution in [0.2, 0.25) is 0 Å². The minimum Gasteiger partial charge on any atom is -0.466 e. The molecule has 17 heavy (non-hydrogen) atoms. The first-order valence-electron chi connectivity index (χ1n) is 5.42. The Morgan fingerprint density at radius 1 is 1.35 bits per heavy atom. The Labute approximate surface area is 100 Å². The summed E-state index contributed by atoms with van der Waals surface area (Å²) in [6.45, 7) is 5.64. The van der Waals surface area contributed by atoms with E-state index in [-0.39, 0.29) is 13.0 Å². The first kappa shape index (κ1) is 13.2. The molecule has 1 heterocycles. The van der Waals surface area contributed by atoms with Crippen LogP contribution in [-0.4, -0.2) is 23.5 Å². The maximum Gasteiger partial charge on any atom is 0.315 e. The number of hydrogen-bond donors (Lipinski definition) is 1. The predicted molar refractivity (Wildman–Crippen MR) is 63.6 cm³/mol. The Morgan fingerprint density at radius 2 is 2.06 bits per heavy atom. The number of ether oxygens (including phenoxy) is 1. The minimum atomic E-state index is -0.532. The van der Waals surface area contributed by atoms with Crippen LogP contribution in [-0.2, 0) is 14.3 Å². The molecule has 1 rings (SSSR count). The number of aryl methyl sites for hydroxylation is 2. The molecule has 0 aliphatic heterocycles. The molecule has 0 radical (unpaired) electrons. The van der Waals surface area contributed by atoms with Crippen LogP contribution < -0.4 is 5.32 Å². The van der Waals surface area contributed by atoms with Crippen molar-refractivity contribution in [3.05, 3.63) is 23.4 Å². The highest BCUT2D eigenvalue weighted by molar-refractivity contribution is 6.01. The van der Waals surface area contributed by atoms with Crippen molar-refractivity contribution in [1.82, 2.24) is 4.98 Å². The fraction of sp³-hybridized carbons (Fsp3) is 0.417. The molecule has 0 aliphatic rings. The standard InChI is InChI=1S/C12H16N2O3/c1-4-17-11(16)7-10(15)14-12-8(2)5-6-9(3)13-12/h5-6H,4,7H2,1-3H3,(H,13,14,15). The van der Waals surface area contributed by atoms with Crippen molar-refractivity contribution in [2.24, 2.45) is 0 Å². The van der Waals surface area contributed by atoms with E-state index in [2.05, 4.69) is 15.0 Å². The van der Waals surface area contributed by atoms with Crippen LogP contribution in [0.25, 0.3) is 0 Å². The Kier molecular flexibility index (Phi) is 4.63. The lowest BCUT2D eigenvalue weighted by molar-refractivity contribution is -0.145. The highest BCUT2D eigenvalue weighted by Crippen LogP contribution is 2.11. The molecule has 0 spiro atoms. The van der Waals surface area contributed by atoms with Gasteiger partial charge in [-0.3, -0.25) is 9.59 Å². The lowest BCUT2D eigenvalue weighted by Gasteiger charge is -2.07. The van der Waals surface area contributed by atoms with Crippen LogP contribution in [0.4, 0.5) is 5.82 Å². The van der Waals surface area contributed by atoms with Crippen molar-refractivity contribution in [2.45, 2.75) is 27.2 Å². The topological polar surface area (TPSA) is 68.3 Å². The van der Waals surface area contributed by atoms with Gasteiger partial charge in [-0.15, -0.1) is 0 Å². The Bertz CT molecular complexity index is 430. The van der Waals surface area contributed by atoms with Gasteiger partial charge in [0.1, 0.15) is 12.2 Å². The number of nitrogens with zero attached hydrogens (tertiary/aromatic N) is 1. The second-order valence-electron chi connectivity index (χ2n) is 3.65. The van der Waals surface area contributed by atoms with Gasteiger partial charge in [-0.05, 0) is 32.4 Å². The van der Waals surface area contributed by atoms with Crippen molar-refractivity contribution >= 4 is 17.7 Å². The molecule has 92 valence electrons. The predicted octanol–water partition coefficient (Wildman–Crippen LogP) is 1.59. The zero-order valence-corrected chi connectivity index (χ0v) is 10.2. The highest BCUT2D eigenvalue weighted by Gasteiger charge is 2.12. The number of pyridine rings is 1. The molecule has 0 aliphatic carbocycles. The molecular weight excluding hydrogens is 220 g/mol. The second kappa shape index (κ2) is 5.98. The second-order valence-corrected chi connectivity index (χ2v) is 3.65. The third-order valence-electron chi connectivity index (χ3n) is 2.10. The van der Waals surface area contributed by atoms with Gasteiger partial charge < -0.3 is 10.1 Å². The normalized spacial score (nSPS) is 9.82. The number of nitrogens with one attached hydrogen (secondary N) is 1. The smallest absolute Gasteiger partial charge is 0.315 e. The monoisotopic (exact) mass is 236 g/mol. The van der Waals surface area contributed by atoms with Gasteiger partial charge in [0, 0.05) is 5.69 Å². The number of aromatic nitrogens is 1. The van der Waals surface area contributed by atoms with Crippen molar-refractivity contribution in [1.29, 1.82) is 0 Å².